The molecule has 1 amide bonds. The molecule has 0 fully saturated rings. The first-order valence-corrected chi connectivity index (χ1v) is 4.90. The molecule has 8 heteroatoms. The summed E-state index contributed by atoms with van der Waals surface area (Å²) in [5.74, 6) is -9.28. The van der Waals surface area contributed by atoms with Crippen LogP contribution in [0.4, 0.5) is 17.6 Å². The summed E-state index contributed by atoms with van der Waals surface area (Å²) < 4.78 is 48.5. The van der Waals surface area contributed by atoms with E-state index in [4.69, 9.17) is 5.11 Å². The van der Waals surface area contributed by atoms with Crippen molar-refractivity contribution in [3.8, 4) is 0 Å². The quantitative estimate of drug-likeness (QED) is 0.681. The molecule has 0 saturated heterocycles. The van der Waals surface area contributed by atoms with Gasteiger partial charge in [-0.05, 0) is 6.42 Å². The fraction of sp³-hybridized carbons (Fsp3) is 0.778. The van der Waals surface area contributed by atoms with Gasteiger partial charge in [-0.25, -0.2) is 8.78 Å². The monoisotopic (exact) mass is 259 g/mol. The molecule has 100 valence electrons. The first-order chi connectivity index (χ1) is 7.73. The number of hydrogen-bond donors (Lipinski definition) is 2. The van der Waals surface area contributed by atoms with Crippen LogP contribution in [-0.4, -0.2) is 35.9 Å². The van der Waals surface area contributed by atoms with E-state index in [0.29, 0.717) is 6.42 Å². The van der Waals surface area contributed by atoms with Crippen molar-refractivity contribution in [1.82, 2.24) is 5.32 Å². The van der Waals surface area contributed by atoms with Crippen molar-refractivity contribution in [2.24, 2.45) is 5.92 Å². The lowest BCUT2D eigenvalue weighted by molar-refractivity contribution is -0.169. The molecule has 2 N–H and O–H groups in total. The Bertz CT molecular complexity index is 283. The normalized spacial score (nSPS) is 13.5. The Balaban J connectivity index is 4.36. The first kappa shape index (κ1) is 15.7. The third-order valence-electron chi connectivity index (χ3n) is 2.07. The van der Waals surface area contributed by atoms with Gasteiger partial charge in [0.15, 0.2) is 0 Å². The van der Waals surface area contributed by atoms with E-state index in [0.717, 1.165) is 0 Å². The fourth-order valence-corrected chi connectivity index (χ4v) is 1.09. The number of hydrogen-bond acceptors (Lipinski definition) is 2. The van der Waals surface area contributed by atoms with Crippen LogP contribution in [0.1, 0.15) is 19.8 Å². The maximum atomic E-state index is 12.5. The zero-order chi connectivity index (χ0) is 13.6. The molecule has 0 aromatic heterocycles. The summed E-state index contributed by atoms with van der Waals surface area (Å²) in [4.78, 5) is 21.3. The van der Waals surface area contributed by atoms with Gasteiger partial charge in [-0.1, -0.05) is 13.3 Å². The van der Waals surface area contributed by atoms with E-state index in [1.165, 1.54) is 5.32 Å². The third kappa shape index (κ3) is 4.58. The summed E-state index contributed by atoms with van der Waals surface area (Å²) in [7, 11) is 0. The number of carbonyl (C=O) groups excluding carboxylic acids is 1. The van der Waals surface area contributed by atoms with Gasteiger partial charge < -0.3 is 10.4 Å². The highest BCUT2D eigenvalue weighted by atomic mass is 19.3. The van der Waals surface area contributed by atoms with Gasteiger partial charge in [0.1, 0.15) is 0 Å². The molecule has 0 rings (SSSR count). The maximum Gasteiger partial charge on any atom is 0.383 e. The SMILES string of the molecule is CCCC(CNC(=O)C(F)(F)C(F)F)C(=O)O. The zero-order valence-electron chi connectivity index (χ0n) is 9.05. The van der Waals surface area contributed by atoms with Gasteiger partial charge in [-0.3, -0.25) is 9.59 Å². The Labute approximate surface area is 95.0 Å². The Kier molecular flexibility index (Phi) is 5.90. The summed E-state index contributed by atoms with van der Waals surface area (Å²) in [5.41, 5.74) is 0. The minimum atomic E-state index is -4.80. The van der Waals surface area contributed by atoms with Crippen LogP contribution in [0.5, 0.6) is 0 Å². The Hall–Kier alpha value is -1.34. The highest BCUT2D eigenvalue weighted by Crippen LogP contribution is 2.22. The summed E-state index contributed by atoms with van der Waals surface area (Å²) in [6.45, 7) is 1.08. The van der Waals surface area contributed by atoms with Crippen LogP contribution >= 0.6 is 0 Å². The average Bonchev–Trinajstić information content (AvgIpc) is 2.22. The van der Waals surface area contributed by atoms with Crippen molar-refractivity contribution in [2.45, 2.75) is 32.1 Å². The minimum absolute atomic E-state index is 0.163. The largest absolute Gasteiger partial charge is 0.481 e. The van der Waals surface area contributed by atoms with Crippen LogP contribution < -0.4 is 5.32 Å². The molecule has 0 aromatic carbocycles. The van der Waals surface area contributed by atoms with Gasteiger partial charge in [0.25, 0.3) is 5.91 Å². The Morgan fingerprint density at radius 2 is 1.88 bits per heavy atom. The lowest BCUT2D eigenvalue weighted by Crippen LogP contribution is -2.47. The van der Waals surface area contributed by atoms with E-state index < -0.39 is 36.7 Å². The van der Waals surface area contributed by atoms with Crippen molar-refractivity contribution >= 4 is 11.9 Å². The molecular weight excluding hydrogens is 246 g/mol. The predicted octanol–water partition coefficient (Wildman–Crippen LogP) is 1.50. The summed E-state index contributed by atoms with van der Waals surface area (Å²) in [6, 6.07) is 0. The standard InChI is InChI=1S/C9H13F4NO3/c1-2-3-5(6(15)16)4-14-8(17)9(12,13)7(10)11/h5,7H,2-4H2,1H3,(H,14,17)(H,15,16). The number of carboxylic acids is 1. The van der Waals surface area contributed by atoms with Gasteiger partial charge in [-0.2, -0.15) is 8.78 Å². The van der Waals surface area contributed by atoms with Gasteiger partial charge in [0, 0.05) is 6.54 Å². The van der Waals surface area contributed by atoms with E-state index in [2.05, 4.69) is 0 Å². The second-order valence-corrected chi connectivity index (χ2v) is 3.46. The molecule has 0 aromatic rings. The number of nitrogens with one attached hydrogen (secondary N) is 1. The van der Waals surface area contributed by atoms with Crippen LogP contribution in [0, 0.1) is 5.92 Å². The van der Waals surface area contributed by atoms with Gasteiger partial charge >= 0.3 is 18.3 Å². The van der Waals surface area contributed by atoms with E-state index >= 15 is 0 Å². The molecule has 0 heterocycles. The van der Waals surface area contributed by atoms with Crippen molar-refractivity contribution in [2.75, 3.05) is 6.54 Å². The number of halogens is 4. The van der Waals surface area contributed by atoms with Crippen LogP contribution in [-0.2, 0) is 9.59 Å². The van der Waals surface area contributed by atoms with Crippen molar-refractivity contribution < 1.29 is 32.3 Å². The average molecular weight is 259 g/mol. The van der Waals surface area contributed by atoms with Gasteiger partial charge in [0.05, 0.1) is 5.92 Å². The van der Waals surface area contributed by atoms with Crippen LogP contribution in [0.15, 0.2) is 0 Å². The molecule has 0 aliphatic rings. The number of alkyl halides is 4. The minimum Gasteiger partial charge on any atom is -0.481 e. The van der Waals surface area contributed by atoms with Crippen molar-refractivity contribution in [3.63, 3.8) is 0 Å². The molecule has 0 radical (unpaired) electrons. The van der Waals surface area contributed by atoms with E-state index in [1.54, 1.807) is 6.92 Å². The fourth-order valence-electron chi connectivity index (χ4n) is 1.09. The smallest absolute Gasteiger partial charge is 0.383 e. The van der Waals surface area contributed by atoms with Crippen molar-refractivity contribution in [1.29, 1.82) is 0 Å². The predicted molar refractivity (Wildman–Crippen MR) is 50.0 cm³/mol. The maximum absolute atomic E-state index is 12.5. The van der Waals surface area contributed by atoms with Crippen LogP contribution in [0.2, 0.25) is 0 Å². The van der Waals surface area contributed by atoms with Crippen molar-refractivity contribution in [3.05, 3.63) is 0 Å². The molecule has 0 saturated carbocycles. The summed E-state index contributed by atoms with van der Waals surface area (Å²) in [5, 5.41) is 10.2. The molecule has 1 unspecified atom stereocenters. The van der Waals surface area contributed by atoms with Gasteiger partial charge in [0.2, 0.25) is 0 Å². The molecule has 0 aliphatic heterocycles. The lowest BCUT2D eigenvalue weighted by atomic mass is 10.0. The molecule has 17 heavy (non-hydrogen) atoms. The number of carboxylic acid groups (broad SMARTS) is 1. The topological polar surface area (TPSA) is 66.4 Å². The molecule has 0 bridgehead atoms. The highest BCUT2D eigenvalue weighted by molar-refractivity contribution is 5.84. The third-order valence-corrected chi connectivity index (χ3v) is 2.07. The molecule has 4 nitrogen and oxygen atoms in total. The van der Waals surface area contributed by atoms with E-state index in [1.807, 2.05) is 0 Å². The number of carbonyl (C=O) groups is 2. The number of amides is 1. The second-order valence-electron chi connectivity index (χ2n) is 3.46. The number of aliphatic carboxylic acids is 1. The summed E-state index contributed by atoms with van der Waals surface area (Å²) >= 11 is 0. The number of rotatable bonds is 7. The van der Waals surface area contributed by atoms with Crippen LogP contribution in [0.25, 0.3) is 0 Å². The zero-order valence-corrected chi connectivity index (χ0v) is 9.05. The highest BCUT2D eigenvalue weighted by Gasteiger charge is 2.48. The Morgan fingerprint density at radius 1 is 1.35 bits per heavy atom. The first-order valence-electron chi connectivity index (χ1n) is 4.90. The Morgan fingerprint density at radius 3 is 2.24 bits per heavy atom. The summed E-state index contributed by atoms with van der Waals surface area (Å²) in [6.07, 6.45) is -3.48. The second kappa shape index (κ2) is 6.41. The molecule has 0 aliphatic carbocycles. The van der Waals surface area contributed by atoms with Crippen LogP contribution in [0.3, 0.4) is 0 Å². The van der Waals surface area contributed by atoms with E-state index in [-0.39, 0.29) is 6.42 Å². The molecule has 0 spiro atoms. The van der Waals surface area contributed by atoms with E-state index in [9.17, 15) is 27.2 Å². The lowest BCUT2D eigenvalue weighted by Gasteiger charge is -2.17. The molecule has 1 atom stereocenters. The molecular formula is C9H13F4NO3. The van der Waals surface area contributed by atoms with Gasteiger partial charge in [-0.15, -0.1) is 0 Å².